The van der Waals surface area contributed by atoms with Crippen LogP contribution in [0.4, 0.5) is 0 Å². The van der Waals surface area contributed by atoms with Crippen LogP contribution in [-0.2, 0) is 13.2 Å². The lowest BCUT2D eigenvalue weighted by Crippen LogP contribution is -2.02. The first kappa shape index (κ1) is 11.2. The molecule has 0 bridgehead atoms. The third-order valence-corrected chi connectivity index (χ3v) is 2.74. The number of halogens is 1. The summed E-state index contributed by atoms with van der Waals surface area (Å²) in [7, 11) is 0. The predicted molar refractivity (Wildman–Crippen MR) is 62.9 cm³/mol. The van der Waals surface area contributed by atoms with E-state index in [0.717, 1.165) is 15.8 Å². The van der Waals surface area contributed by atoms with Crippen LogP contribution in [-0.4, -0.2) is 5.16 Å². The molecule has 0 radical (unpaired) electrons. The van der Waals surface area contributed by atoms with Crippen molar-refractivity contribution in [3.8, 4) is 5.75 Å². The summed E-state index contributed by atoms with van der Waals surface area (Å²) in [5.41, 5.74) is 6.58. The smallest absolute Gasteiger partial charge is 0.174 e. The topological polar surface area (TPSA) is 61.3 Å². The fourth-order valence-electron chi connectivity index (χ4n) is 1.34. The number of ether oxygens (including phenoxy) is 1. The van der Waals surface area contributed by atoms with Crippen LogP contribution in [0, 0.1) is 0 Å². The number of rotatable bonds is 4. The molecular weight excluding hydrogens is 272 g/mol. The van der Waals surface area contributed by atoms with Gasteiger partial charge in [0.25, 0.3) is 0 Å². The van der Waals surface area contributed by atoms with E-state index in [0.29, 0.717) is 18.9 Å². The molecule has 0 saturated carbocycles. The van der Waals surface area contributed by atoms with Gasteiger partial charge in [-0.1, -0.05) is 17.3 Å². The van der Waals surface area contributed by atoms with E-state index in [-0.39, 0.29) is 0 Å². The van der Waals surface area contributed by atoms with Crippen LogP contribution in [0.3, 0.4) is 0 Å². The minimum atomic E-state index is 0.343. The Morgan fingerprint density at radius 1 is 1.38 bits per heavy atom. The molecule has 4 nitrogen and oxygen atoms in total. The first-order chi connectivity index (χ1) is 7.81. The zero-order chi connectivity index (χ0) is 11.4. The number of benzene rings is 1. The molecule has 84 valence electrons. The van der Waals surface area contributed by atoms with Crippen molar-refractivity contribution in [2.45, 2.75) is 13.2 Å². The van der Waals surface area contributed by atoms with Crippen molar-refractivity contribution in [2.75, 3.05) is 0 Å². The molecule has 0 spiro atoms. The minimum absolute atomic E-state index is 0.343. The van der Waals surface area contributed by atoms with Crippen molar-refractivity contribution >= 4 is 15.9 Å². The molecule has 1 heterocycles. The molecule has 5 heteroatoms. The molecule has 0 unspecified atom stereocenters. The van der Waals surface area contributed by atoms with Crippen LogP contribution in [0.1, 0.15) is 11.3 Å². The number of nitrogens with two attached hydrogens (primary N) is 1. The van der Waals surface area contributed by atoms with Crippen LogP contribution in [0.15, 0.2) is 39.5 Å². The van der Waals surface area contributed by atoms with Gasteiger partial charge < -0.3 is 15.0 Å². The van der Waals surface area contributed by atoms with Gasteiger partial charge in [0.1, 0.15) is 12.4 Å². The lowest BCUT2D eigenvalue weighted by Gasteiger charge is -2.10. The molecule has 0 fully saturated rings. The molecule has 0 amide bonds. The van der Waals surface area contributed by atoms with Gasteiger partial charge in [0.15, 0.2) is 5.76 Å². The molecule has 1 aromatic carbocycles. The van der Waals surface area contributed by atoms with Crippen molar-refractivity contribution in [3.63, 3.8) is 0 Å². The van der Waals surface area contributed by atoms with E-state index in [1.165, 1.54) is 0 Å². The second kappa shape index (κ2) is 5.14. The van der Waals surface area contributed by atoms with Gasteiger partial charge in [0.05, 0.1) is 10.7 Å². The van der Waals surface area contributed by atoms with E-state index in [1.807, 2.05) is 18.2 Å². The third kappa shape index (κ3) is 2.43. The molecule has 0 aliphatic heterocycles. The van der Waals surface area contributed by atoms with Gasteiger partial charge in [-0.25, -0.2) is 0 Å². The number of hydrogen-bond acceptors (Lipinski definition) is 4. The molecule has 0 aliphatic rings. The molecule has 0 atom stereocenters. The lowest BCUT2D eigenvalue weighted by molar-refractivity contribution is 0.246. The maximum atomic E-state index is 5.64. The van der Waals surface area contributed by atoms with Crippen LogP contribution in [0.25, 0.3) is 0 Å². The van der Waals surface area contributed by atoms with E-state index in [4.69, 9.17) is 15.0 Å². The largest absolute Gasteiger partial charge is 0.484 e. The summed E-state index contributed by atoms with van der Waals surface area (Å²) in [6, 6.07) is 7.53. The van der Waals surface area contributed by atoms with Crippen LogP contribution < -0.4 is 10.5 Å². The molecule has 0 aliphatic carbocycles. The van der Waals surface area contributed by atoms with E-state index >= 15 is 0 Å². The van der Waals surface area contributed by atoms with Gasteiger partial charge in [-0.3, -0.25) is 0 Å². The van der Waals surface area contributed by atoms with E-state index in [9.17, 15) is 0 Å². The van der Waals surface area contributed by atoms with Gasteiger partial charge in [-0.2, -0.15) is 0 Å². The number of hydrogen-bond donors (Lipinski definition) is 1. The minimum Gasteiger partial charge on any atom is -0.484 e. The third-order valence-electron chi connectivity index (χ3n) is 2.12. The van der Waals surface area contributed by atoms with Gasteiger partial charge in [0, 0.05) is 18.2 Å². The average Bonchev–Trinajstić information content (AvgIpc) is 2.80. The monoisotopic (exact) mass is 282 g/mol. The summed E-state index contributed by atoms with van der Waals surface area (Å²) in [6.45, 7) is 0.779. The predicted octanol–water partition coefficient (Wildman–Crippen LogP) is 2.47. The maximum Gasteiger partial charge on any atom is 0.174 e. The summed E-state index contributed by atoms with van der Waals surface area (Å²) in [4.78, 5) is 0. The molecule has 2 aromatic rings. The van der Waals surface area contributed by atoms with Crippen molar-refractivity contribution in [2.24, 2.45) is 5.73 Å². The Bertz CT molecular complexity index is 457. The zero-order valence-electron chi connectivity index (χ0n) is 8.52. The van der Waals surface area contributed by atoms with Gasteiger partial charge in [-0.05, 0) is 22.0 Å². The standard InChI is InChI=1S/C11H11BrN2O2/c12-10-3-1-2-8(6-13)11(10)15-7-9-4-5-14-16-9/h1-5H,6-7,13H2. The van der Waals surface area contributed by atoms with Gasteiger partial charge >= 0.3 is 0 Å². The molecular formula is C11H11BrN2O2. The number of para-hydroxylation sites is 1. The molecule has 2 N–H and O–H groups in total. The number of nitrogens with zero attached hydrogens (tertiary/aromatic N) is 1. The fourth-order valence-corrected chi connectivity index (χ4v) is 1.86. The summed E-state index contributed by atoms with van der Waals surface area (Å²) < 4.78 is 11.5. The second-order valence-corrected chi connectivity index (χ2v) is 4.05. The van der Waals surface area contributed by atoms with Crippen molar-refractivity contribution < 1.29 is 9.26 Å². The lowest BCUT2D eigenvalue weighted by atomic mass is 10.2. The Labute approximate surface area is 102 Å². The first-order valence-electron chi connectivity index (χ1n) is 4.81. The molecule has 2 rings (SSSR count). The average molecular weight is 283 g/mol. The fraction of sp³-hybridized carbons (Fsp3) is 0.182. The van der Waals surface area contributed by atoms with E-state index in [2.05, 4.69) is 21.1 Å². The highest BCUT2D eigenvalue weighted by Crippen LogP contribution is 2.29. The van der Waals surface area contributed by atoms with E-state index < -0.39 is 0 Å². The van der Waals surface area contributed by atoms with Gasteiger partial charge in [0.2, 0.25) is 0 Å². The van der Waals surface area contributed by atoms with Crippen LogP contribution in [0.5, 0.6) is 5.75 Å². The zero-order valence-corrected chi connectivity index (χ0v) is 10.1. The summed E-state index contributed by atoms with van der Waals surface area (Å²) in [5.74, 6) is 1.43. The SMILES string of the molecule is NCc1cccc(Br)c1OCc1ccno1. The highest BCUT2D eigenvalue weighted by atomic mass is 79.9. The number of aromatic nitrogens is 1. The summed E-state index contributed by atoms with van der Waals surface area (Å²) in [5, 5.41) is 3.61. The molecule has 0 saturated heterocycles. The van der Waals surface area contributed by atoms with E-state index in [1.54, 1.807) is 12.3 Å². The Morgan fingerprint density at radius 2 is 2.25 bits per heavy atom. The Balaban J connectivity index is 2.14. The normalized spacial score (nSPS) is 10.4. The highest BCUT2D eigenvalue weighted by molar-refractivity contribution is 9.10. The molecule has 1 aromatic heterocycles. The summed E-state index contributed by atoms with van der Waals surface area (Å²) >= 11 is 3.43. The van der Waals surface area contributed by atoms with Crippen molar-refractivity contribution in [1.29, 1.82) is 0 Å². The first-order valence-corrected chi connectivity index (χ1v) is 5.60. The quantitative estimate of drug-likeness (QED) is 0.936. The Morgan fingerprint density at radius 3 is 2.94 bits per heavy atom. The summed E-state index contributed by atoms with van der Waals surface area (Å²) in [6.07, 6.45) is 1.59. The van der Waals surface area contributed by atoms with Crippen LogP contribution in [0.2, 0.25) is 0 Å². The van der Waals surface area contributed by atoms with Gasteiger partial charge in [-0.15, -0.1) is 0 Å². The second-order valence-electron chi connectivity index (χ2n) is 3.20. The van der Waals surface area contributed by atoms with Crippen LogP contribution >= 0.6 is 15.9 Å². The van der Waals surface area contributed by atoms with Crippen molar-refractivity contribution in [1.82, 2.24) is 5.16 Å². The Kier molecular flexibility index (Phi) is 3.58. The maximum absolute atomic E-state index is 5.64. The molecule has 16 heavy (non-hydrogen) atoms. The highest BCUT2D eigenvalue weighted by Gasteiger charge is 2.07. The van der Waals surface area contributed by atoms with Crippen molar-refractivity contribution in [3.05, 3.63) is 46.3 Å². The Hall–Kier alpha value is -1.33.